The van der Waals surface area contributed by atoms with Crippen molar-refractivity contribution in [1.29, 1.82) is 0 Å². The Labute approximate surface area is 263 Å². The molecule has 2 amide bonds. The Balaban J connectivity index is 2.10. The first kappa shape index (κ1) is 34.4. The molecule has 0 saturated carbocycles. The molecule has 13 heteroatoms. The molecule has 0 bridgehead atoms. The van der Waals surface area contributed by atoms with Crippen molar-refractivity contribution < 1.29 is 31.2 Å². The number of anilines is 1. The van der Waals surface area contributed by atoms with E-state index in [2.05, 4.69) is 21.2 Å². The highest BCUT2D eigenvalue weighted by molar-refractivity contribution is 9.10. The van der Waals surface area contributed by atoms with Crippen LogP contribution in [0.25, 0.3) is 0 Å². The minimum Gasteiger partial charge on any atom is -0.354 e. The van der Waals surface area contributed by atoms with Gasteiger partial charge < -0.3 is 10.2 Å². The van der Waals surface area contributed by atoms with Crippen molar-refractivity contribution in [1.82, 2.24) is 10.2 Å². The van der Waals surface area contributed by atoms with Crippen molar-refractivity contribution in [3.8, 4) is 0 Å². The first-order chi connectivity index (χ1) is 20.1. The Morgan fingerprint density at radius 2 is 1.60 bits per heavy atom. The second kappa shape index (κ2) is 14.6. The third-order valence-corrected chi connectivity index (χ3v) is 8.42. The van der Waals surface area contributed by atoms with Gasteiger partial charge in [-0.25, -0.2) is 8.42 Å². The van der Waals surface area contributed by atoms with Crippen molar-refractivity contribution in [2.75, 3.05) is 23.7 Å². The summed E-state index contributed by atoms with van der Waals surface area (Å²) >= 11 is 9.55. The average Bonchev–Trinajstić information content (AvgIpc) is 2.93. The molecule has 3 aromatic rings. The highest BCUT2D eigenvalue weighted by Crippen LogP contribution is 2.36. The van der Waals surface area contributed by atoms with E-state index in [4.69, 9.17) is 11.6 Å². The molecule has 1 atom stereocenters. The lowest BCUT2D eigenvalue weighted by Crippen LogP contribution is -2.53. The van der Waals surface area contributed by atoms with Crippen LogP contribution in [0.15, 0.2) is 77.3 Å². The van der Waals surface area contributed by atoms with Crippen molar-refractivity contribution in [2.24, 2.45) is 5.92 Å². The standard InChI is InChI=1S/C30H32BrClF3N3O4S/c1-20(2)17-36-29(40)27(15-21-7-5-4-6-8-21)37(18-22-9-12-24(31)13-10-22)28(39)19-38(43(3,41)42)26-16-23(30(33,34)35)11-14-25(26)32/h4-14,16,20,27H,15,17-19H2,1-3H3,(H,36,40). The number of nitrogens with one attached hydrogen (secondary N) is 1. The maximum Gasteiger partial charge on any atom is 0.416 e. The van der Waals surface area contributed by atoms with Crippen LogP contribution in [-0.4, -0.2) is 50.5 Å². The molecule has 0 aromatic heterocycles. The number of halogens is 5. The number of rotatable bonds is 12. The van der Waals surface area contributed by atoms with Crippen LogP contribution in [0.3, 0.4) is 0 Å². The van der Waals surface area contributed by atoms with E-state index in [-0.39, 0.29) is 23.9 Å². The van der Waals surface area contributed by atoms with Crippen LogP contribution in [0.1, 0.15) is 30.5 Å². The first-order valence-electron chi connectivity index (χ1n) is 13.3. The highest BCUT2D eigenvalue weighted by Gasteiger charge is 2.36. The molecule has 1 unspecified atom stereocenters. The molecule has 232 valence electrons. The molecule has 0 heterocycles. The van der Waals surface area contributed by atoms with Crippen molar-refractivity contribution in [2.45, 2.75) is 39.0 Å². The number of sulfonamides is 1. The van der Waals surface area contributed by atoms with E-state index < -0.39 is 51.9 Å². The third-order valence-electron chi connectivity index (χ3n) is 6.44. The fourth-order valence-electron chi connectivity index (χ4n) is 4.24. The van der Waals surface area contributed by atoms with Gasteiger partial charge in [0.2, 0.25) is 21.8 Å². The van der Waals surface area contributed by atoms with E-state index in [0.717, 1.165) is 28.4 Å². The van der Waals surface area contributed by atoms with E-state index >= 15 is 0 Å². The summed E-state index contributed by atoms with van der Waals surface area (Å²) < 4.78 is 67.7. The van der Waals surface area contributed by atoms with Gasteiger partial charge >= 0.3 is 6.18 Å². The lowest BCUT2D eigenvalue weighted by molar-refractivity contribution is -0.140. The van der Waals surface area contributed by atoms with E-state index in [0.29, 0.717) is 22.5 Å². The molecule has 0 fully saturated rings. The van der Waals surface area contributed by atoms with E-state index in [1.165, 1.54) is 4.90 Å². The highest BCUT2D eigenvalue weighted by atomic mass is 79.9. The molecule has 0 aliphatic heterocycles. The van der Waals surface area contributed by atoms with E-state index in [1.807, 2.05) is 19.9 Å². The number of nitrogens with zero attached hydrogens (tertiary/aromatic N) is 2. The molecule has 0 aliphatic carbocycles. The summed E-state index contributed by atoms with van der Waals surface area (Å²) in [7, 11) is -4.31. The second-order valence-electron chi connectivity index (χ2n) is 10.4. The monoisotopic (exact) mass is 701 g/mol. The van der Waals surface area contributed by atoms with Crippen LogP contribution in [0.5, 0.6) is 0 Å². The largest absolute Gasteiger partial charge is 0.416 e. The van der Waals surface area contributed by atoms with E-state index in [9.17, 15) is 31.2 Å². The fraction of sp³-hybridized carbons (Fsp3) is 0.333. The summed E-state index contributed by atoms with van der Waals surface area (Å²) in [6.45, 7) is 3.20. The average molecular weight is 703 g/mol. The molecular weight excluding hydrogens is 671 g/mol. The predicted octanol–water partition coefficient (Wildman–Crippen LogP) is 6.30. The molecule has 0 saturated heterocycles. The Morgan fingerprint density at radius 3 is 2.16 bits per heavy atom. The van der Waals surface area contributed by atoms with Gasteiger partial charge in [0.15, 0.2) is 0 Å². The summed E-state index contributed by atoms with van der Waals surface area (Å²) in [6.07, 6.45) is -3.90. The van der Waals surface area contributed by atoms with Crippen LogP contribution >= 0.6 is 27.5 Å². The fourth-order valence-corrected chi connectivity index (χ4v) is 5.63. The minimum atomic E-state index is -4.78. The molecule has 1 N–H and O–H groups in total. The summed E-state index contributed by atoms with van der Waals surface area (Å²) in [5, 5.41) is 2.57. The van der Waals surface area contributed by atoms with Gasteiger partial charge in [0.1, 0.15) is 12.6 Å². The lowest BCUT2D eigenvalue weighted by Gasteiger charge is -2.34. The number of hydrogen-bond acceptors (Lipinski definition) is 4. The van der Waals surface area contributed by atoms with Crippen LogP contribution in [0.2, 0.25) is 5.02 Å². The molecule has 0 radical (unpaired) electrons. The third kappa shape index (κ3) is 9.97. The molecule has 43 heavy (non-hydrogen) atoms. The summed E-state index contributed by atoms with van der Waals surface area (Å²) in [6, 6.07) is 17.2. The maximum atomic E-state index is 14.1. The topological polar surface area (TPSA) is 86.8 Å². The van der Waals surface area contributed by atoms with Gasteiger partial charge in [-0.3, -0.25) is 13.9 Å². The van der Waals surface area contributed by atoms with Crippen molar-refractivity contribution >= 4 is 55.1 Å². The Hall–Kier alpha value is -3.09. The quantitative estimate of drug-likeness (QED) is 0.240. The molecular formula is C30H32BrClF3N3O4S. The number of amides is 2. The van der Waals surface area contributed by atoms with E-state index in [1.54, 1.807) is 48.5 Å². The Morgan fingerprint density at radius 1 is 0.977 bits per heavy atom. The first-order valence-corrected chi connectivity index (χ1v) is 16.3. The van der Waals surface area contributed by atoms with Gasteiger partial charge in [-0.1, -0.05) is 83.8 Å². The summed E-state index contributed by atoms with van der Waals surface area (Å²) in [5.41, 5.74) is -0.231. The van der Waals surface area contributed by atoms with Gasteiger partial charge in [-0.2, -0.15) is 13.2 Å². The van der Waals surface area contributed by atoms with Crippen LogP contribution in [0, 0.1) is 5.92 Å². The second-order valence-corrected chi connectivity index (χ2v) is 13.7. The molecule has 7 nitrogen and oxygen atoms in total. The molecule has 3 rings (SSSR count). The Kier molecular flexibility index (Phi) is 11.7. The smallest absolute Gasteiger partial charge is 0.354 e. The SMILES string of the molecule is CC(C)CNC(=O)C(Cc1ccccc1)N(Cc1ccc(Br)cc1)C(=O)CN(c1cc(C(F)(F)F)ccc1Cl)S(C)(=O)=O. The van der Waals surface area contributed by atoms with Gasteiger partial charge in [-0.05, 0) is 47.4 Å². The molecule has 3 aromatic carbocycles. The normalized spacial score (nSPS) is 12.6. The summed E-state index contributed by atoms with van der Waals surface area (Å²) in [5.74, 6) is -1.14. The zero-order valence-electron chi connectivity index (χ0n) is 23.7. The number of carbonyl (C=O) groups is 2. The predicted molar refractivity (Wildman–Crippen MR) is 165 cm³/mol. The van der Waals surface area contributed by atoms with Crippen LogP contribution < -0.4 is 9.62 Å². The number of alkyl halides is 3. The zero-order valence-corrected chi connectivity index (χ0v) is 26.9. The number of carbonyl (C=O) groups excluding carboxylic acids is 2. The zero-order chi connectivity index (χ0) is 31.9. The van der Waals surface area contributed by atoms with Crippen LogP contribution in [0.4, 0.5) is 18.9 Å². The molecule has 0 aliphatic rings. The van der Waals surface area contributed by atoms with Crippen molar-refractivity contribution in [3.05, 3.63) is 99.0 Å². The number of hydrogen-bond donors (Lipinski definition) is 1. The summed E-state index contributed by atoms with van der Waals surface area (Å²) in [4.78, 5) is 28.9. The van der Waals surface area contributed by atoms with Crippen molar-refractivity contribution in [3.63, 3.8) is 0 Å². The van der Waals surface area contributed by atoms with Crippen LogP contribution in [-0.2, 0) is 38.8 Å². The molecule has 0 spiro atoms. The maximum absolute atomic E-state index is 14.1. The minimum absolute atomic E-state index is 0.0767. The van der Waals surface area contributed by atoms with Gasteiger partial charge in [-0.15, -0.1) is 0 Å². The van der Waals surface area contributed by atoms with Gasteiger partial charge in [0.25, 0.3) is 0 Å². The Bertz CT molecular complexity index is 1520. The number of benzene rings is 3. The van der Waals surface area contributed by atoms with Gasteiger partial charge in [0, 0.05) is 24.0 Å². The lowest BCUT2D eigenvalue weighted by atomic mass is 10.0. The van der Waals surface area contributed by atoms with Gasteiger partial charge in [0.05, 0.1) is 22.5 Å².